The van der Waals surface area contributed by atoms with Gasteiger partial charge in [0.25, 0.3) is 0 Å². The van der Waals surface area contributed by atoms with Crippen molar-refractivity contribution in [3.05, 3.63) is 68.1 Å². The Bertz CT molecular complexity index is 560. The Balaban J connectivity index is 2.45. The zero-order valence-electron chi connectivity index (χ0n) is 9.33. The molecule has 0 amide bonds. The van der Waals surface area contributed by atoms with E-state index in [1.54, 1.807) is 0 Å². The predicted octanol–water partition coefficient (Wildman–Crippen LogP) is 4.31. The molecule has 2 nitrogen and oxygen atoms in total. The first-order valence-electron chi connectivity index (χ1n) is 5.29. The van der Waals surface area contributed by atoms with Crippen LogP contribution in [0.4, 0.5) is 0 Å². The van der Waals surface area contributed by atoms with Crippen LogP contribution in [0.2, 0.25) is 10.0 Å². The SMILES string of the molecule is NNC(c1ccc(Cl)c(Br)c1)c1ccccc1Cl. The molecule has 18 heavy (non-hydrogen) atoms. The predicted molar refractivity (Wildman–Crippen MR) is 79.8 cm³/mol. The van der Waals surface area contributed by atoms with Crippen LogP contribution in [0.15, 0.2) is 46.9 Å². The molecule has 0 radical (unpaired) electrons. The summed E-state index contributed by atoms with van der Waals surface area (Å²) in [5.41, 5.74) is 4.69. The number of nitrogens with two attached hydrogens (primary N) is 1. The van der Waals surface area contributed by atoms with Gasteiger partial charge in [0.1, 0.15) is 0 Å². The molecule has 0 aromatic heterocycles. The van der Waals surface area contributed by atoms with Crippen molar-refractivity contribution in [1.82, 2.24) is 5.43 Å². The Hall–Kier alpha value is -0.580. The van der Waals surface area contributed by atoms with Gasteiger partial charge in [-0.25, -0.2) is 5.43 Å². The highest BCUT2D eigenvalue weighted by Crippen LogP contribution is 2.31. The van der Waals surface area contributed by atoms with Crippen molar-refractivity contribution in [3.8, 4) is 0 Å². The maximum absolute atomic E-state index is 6.19. The second kappa shape index (κ2) is 6.04. The van der Waals surface area contributed by atoms with Crippen LogP contribution in [0.5, 0.6) is 0 Å². The minimum atomic E-state index is -0.174. The molecular weight excluding hydrogens is 335 g/mol. The van der Waals surface area contributed by atoms with Gasteiger partial charge in [0.15, 0.2) is 0 Å². The van der Waals surface area contributed by atoms with Gasteiger partial charge >= 0.3 is 0 Å². The summed E-state index contributed by atoms with van der Waals surface area (Å²) in [5.74, 6) is 5.64. The fourth-order valence-electron chi connectivity index (χ4n) is 1.77. The van der Waals surface area contributed by atoms with E-state index in [0.29, 0.717) is 10.0 Å². The average molecular weight is 346 g/mol. The summed E-state index contributed by atoms with van der Waals surface area (Å²) in [7, 11) is 0. The highest BCUT2D eigenvalue weighted by Gasteiger charge is 2.15. The number of hydrazine groups is 1. The monoisotopic (exact) mass is 344 g/mol. The first kappa shape index (κ1) is 13.8. The lowest BCUT2D eigenvalue weighted by atomic mass is 9.99. The molecule has 0 heterocycles. The Morgan fingerprint density at radius 2 is 1.78 bits per heavy atom. The molecule has 0 aliphatic rings. The van der Waals surface area contributed by atoms with Gasteiger partial charge in [-0.3, -0.25) is 5.84 Å². The lowest BCUT2D eigenvalue weighted by Gasteiger charge is -2.18. The first-order chi connectivity index (χ1) is 8.63. The molecule has 2 rings (SSSR count). The van der Waals surface area contributed by atoms with Crippen molar-refractivity contribution in [3.63, 3.8) is 0 Å². The minimum absolute atomic E-state index is 0.174. The van der Waals surface area contributed by atoms with Crippen molar-refractivity contribution in [2.24, 2.45) is 5.84 Å². The lowest BCUT2D eigenvalue weighted by Crippen LogP contribution is -2.29. The molecular formula is C13H11BrCl2N2. The molecule has 0 spiro atoms. The van der Waals surface area contributed by atoms with Crippen LogP contribution in [0, 0.1) is 0 Å². The number of hydrogen-bond donors (Lipinski definition) is 2. The van der Waals surface area contributed by atoms with E-state index in [1.807, 2.05) is 42.5 Å². The highest BCUT2D eigenvalue weighted by molar-refractivity contribution is 9.10. The maximum Gasteiger partial charge on any atom is 0.0724 e. The Morgan fingerprint density at radius 3 is 2.39 bits per heavy atom. The van der Waals surface area contributed by atoms with Crippen LogP contribution >= 0.6 is 39.1 Å². The average Bonchev–Trinajstić information content (AvgIpc) is 2.37. The molecule has 1 atom stereocenters. The van der Waals surface area contributed by atoms with Gasteiger partial charge in [0.2, 0.25) is 0 Å². The number of halogens is 3. The van der Waals surface area contributed by atoms with Crippen molar-refractivity contribution in [1.29, 1.82) is 0 Å². The van der Waals surface area contributed by atoms with E-state index < -0.39 is 0 Å². The summed E-state index contributed by atoms with van der Waals surface area (Å²) in [6, 6.07) is 13.1. The quantitative estimate of drug-likeness (QED) is 0.642. The van der Waals surface area contributed by atoms with Crippen LogP contribution < -0.4 is 11.3 Å². The number of hydrogen-bond acceptors (Lipinski definition) is 2. The van der Waals surface area contributed by atoms with Crippen molar-refractivity contribution >= 4 is 39.1 Å². The van der Waals surface area contributed by atoms with Gasteiger partial charge in [-0.1, -0.05) is 47.5 Å². The lowest BCUT2D eigenvalue weighted by molar-refractivity contribution is 0.637. The summed E-state index contributed by atoms with van der Waals surface area (Å²) >= 11 is 15.6. The summed E-state index contributed by atoms with van der Waals surface area (Å²) in [4.78, 5) is 0. The van der Waals surface area contributed by atoms with E-state index in [2.05, 4.69) is 21.4 Å². The van der Waals surface area contributed by atoms with Crippen LogP contribution in [0.25, 0.3) is 0 Å². The third kappa shape index (κ3) is 2.87. The fraction of sp³-hybridized carbons (Fsp3) is 0.0769. The van der Waals surface area contributed by atoms with Crippen molar-refractivity contribution in [2.45, 2.75) is 6.04 Å². The van der Waals surface area contributed by atoms with Gasteiger partial charge < -0.3 is 0 Å². The molecule has 94 valence electrons. The summed E-state index contributed by atoms with van der Waals surface area (Å²) < 4.78 is 0.828. The minimum Gasteiger partial charge on any atom is -0.271 e. The largest absolute Gasteiger partial charge is 0.271 e. The topological polar surface area (TPSA) is 38.0 Å². The smallest absolute Gasteiger partial charge is 0.0724 e. The fourth-order valence-corrected chi connectivity index (χ4v) is 2.53. The Kier molecular flexibility index (Phi) is 4.65. The zero-order valence-corrected chi connectivity index (χ0v) is 12.4. The summed E-state index contributed by atoms with van der Waals surface area (Å²) in [6.07, 6.45) is 0. The van der Waals surface area contributed by atoms with Gasteiger partial charge in [-0.2, -0.15) is 0 Å². The maximum atomic E-state index is 6.19. The molecule has 0 saturated carbocycles. The zero-order chi connectivity index (χ0) is 13.1. The van der Waals surface area contributed by atoms with Crippen molar-refractivity contribution in [2.75, 3.05) is 0 Å². The van der Waals surface area contributed by atoms with E-state index >= 15 is 0 Å². The number of nitrogens with one attached hydrogen (secondary N) is 1. The van der Waals surface area contributed by atoms with E-state index in [-0.39, 0.29) is 6.04 Å². The molecule has 5 heteroatoms. The van der Waals surface area contributed by atoms with Gasteiger partial charge in [0, 0.05) is 9.50 Å². The number of rotatable bonds is 3. The molecule has 0 fully saturated rings. The molecule has 0 saturated heterocycles. The third-order valence-corrected chi connectivity index (χ3v) is 4.22. The van der Waals surface area contributed by atoms with Crippen LogP contribution in [0.1, 0.15) is 17.2 Å². The second-order valence-electron chi connectivity index (χ2n) is 3.79. The third-order valence-electron chi connectivity index (χ3n) is 2.66. The Labute approximate surface area is 124 Å². The second-order valence-corrected chi connectivity index (χ2v) is 5.46. The Morgan fingerprint density at radius 1 is 1.06 bits per heavy atom. The molecule has 3 N–H and O–H groups in total. The standard InChI is InChI=1S/C13H11BrCl2N2/c14-10-7-8(5-6-12(10)16)13(18-17)9-3-1-2-4-11(9)15/h1-7,13,18H,17H2. The first-order valence-corrected chi connectivity index (χ1v) is 6.84. The van der Waals surface area contributed by atoms with E-state index in [1.165, 1.54) is 0 Å². The number of benzene rings is 2. The highest BCUT2D eigenvalue weighted by atomic mass is 79.9. The molecule has 1 unspecified atom stereocenters. The summed E-state index contributed by atoms with van der Waals surface area (Å²) in [5, 5.41) is 1.33. The molecule has 2 aromatic rings. The van der Waals surface area contributed by atoms with E-state index in [0.717, 1.165) is 15.6 Å². The van der Waals surface area contributed by atoms with Gasteiger partial charge in [-0.05, 0) is 45.3 Å². The van der Waals surface area contributed by atoms with E-state index in [4.69, 9.17) is 29.0 Å². The van der Waals surface area contributed by atoms with Crippen LogP contribution in [-0.2, 0) is 0 Å². The van der Waals surface area contributed by atoms with E-state index in [9.17, 15) is 0 Å². The summed E-state index contributed by atoms with van der Waals surface area (Å²) in [6.45, 7) is 0. The molecule has 0 bridgehead atoms. The molecule has 0 aliphatic carbocycles. The normalized spacial score (nSPS) is 12.4. The van der Waals surface area contributed by atoms with Crippen LogP contribution in [-0.4, -0.2) is 0 Å². The van der Waals surface area contributed by atoms with Crippen molar-refractivity contribution < 1.29 is 0 Å². The van der Waals surface area contributed by atoms with Crippen LogP contribution in [0.3, 0.4) is 0 Å². The molecule has 0 aliphatic heterocycles. The molecule has 2 aromatic carbocycles. The van der Waals surface area contributed by atoms with Gasteiger partial charge in [-0.15, -0.1) is 0 Å². The van der Waals surface area contributed by atoms with Gasteiger partial charge in [0.05, 0.1) is 11.1 Å².